The molecule has 2 heterocycles. The SMILES string of the molecule is O=C(NCc1cccs1)[C@@H]1C[C@@]12CCN(S(=O)(=O)c1ccccc1)C2. The first-order valence-corrected chi connectivity index (χ1v) is 10.7. The predicted molar refractivity (Wildman–Crippen MR) is 96.5 cm³/mol. The van der Waals surface area contributed by atoms with Crippen LogP contribution in [0.2, 0.25) is 0 Å². The molecule has 1 N–H and O–H groups in total. The summed E-state index contributed by atoms with van der Waals surface area (Å²) in [5.41, 5.74) is -0.165. The molecule has 1 aromatic carbocycles. The quantitative estimate of drug-likeness (QED) is 0.872. The normalized spacial score (nSPS) is 26.0. The van der Waals surface area contributed by atoms with Crippen molar-refractivity contribution >= 4 is 27.3 Å². The van der Waals surface area contributed by atoms with Crippen molar-refractivity contribution in [3.8, 4) is 0 Å². The Hall–Kier alpha value is -1.70. The van der Waals surface area contributed by atoms with E-state index in [-0.39, 0.29) is 17.2 Å². The number of carbonyl (C=O) groups excluding carboxylic acids is 1. The summed E-state index contributed by atoms with van der Waals surface area (Å²) in [4.78, 5) is 13.9. The van der Waals surface area contributed by atoms with Gasteiger partial charge in [-0.2, -0.15) is 4.31 Å². The molecule has 1 aliphatic heterocycles. The molecule has 1 aromatic heterocycles. The van der Waals surface area contributed by atoms with Crippen molar-refractivity contribution in [2.24, 2.45) is 11.3 Å². The number of nitrogens with zero attached hydrogens (tertiary/aromatic N) is 1. The minimum Gasteiger partial charge on any atom is -0.351 e. The first-order chi connectivity index (χ1) is 12.0. The molecule has 1 saturated heterocycles. The number of benzene rings is 1. The van der Waals surface area contributed by atoms with E-state index in [2.05, 4.69) is 5.32 Å². The third kappa shape index (κ3) is 3.12. The number of hydrogen-bond donors (Lipinski definition) is 1. The highest BCUT2D eigenvalue weighted by Crippen LogP contribution is 2.59. The van der Waals surface area contributed by atoms with Crippen LogP contribution >= 0.6 is 11.3 Å². The first kappa shape index (κ1) is 16.8. The van der Waals surface area contributed by atoms with E-state index in [9.17, 15) is 13.2 Å². The zero-order chi connectivity index (χ0) is 17.5. The Labute approximate surface area is 151 Å². The van der Waals surface area contributed by atoms with E-state index in [0.29, 0.717) is 24.5 Å². The number of thiophene rings is 1. The number of amides is 1. The van der Waals surface area contributed by atoms with Crippen molar-refractivity contribution in [3.05, 3.63) is 52.7 Å². The lowest BCUT2D eigenvalue weighted by molar-refractivity contribution is -0.123. The van der Waals surface area contributed by atoms with E-state index in [0.717, 1.165) is 17.7 Å². The van der Waals surface area contributed by atoms with E-state index in [1.807, 2.05) is 17.5 Å². The van der Waals surface area contributed by atoms with Crippen molar-refractivity contribution < 1.29 is 13.2 Å². The lowest BCUT2D eigenvalue weighted by Crippen LogP contribution is -2.31. The summed E-state index contributed by atoms with van der Waals surface area (Å²) in [6.45, 7) is 1.49. The maximum absolute atomic E-state index is 12.7. The monoisotopic (exact) mass is 376 g/mol. The highest BCUT2D eigenvalue weighted by molar-refractivity contribution is 7.89. The fraction of sp³-hybridized carbons (Fsp3) is 0.389. The summed E-state index contributed by atoms with van der Waals surface area (Å²) in [5.74, 6) is -0.0178. The third-order valence-electron chi connectivity index (χ3n) is 5.25. The summed E-state index contributed by atoms with van der Waals surface area (Å²) < 4.78 is 27.0. The van der Waals surface area contributed by atoms with Gasteiger partial charge in [0.25, 0.3) is 0 Å². The standard InChI is InChI=1S/C18H20N2O3S2/c21-17(19-12-14-5-4-10-24-14)16-11-18(16)8-9-20(13-18)25(22,23)15-6-2-1-3-7-15/h1-7,10,16H,8-9,11-13H2,(H,19,21)/t16-,18+/m0/s1. The van der Waals surface area contributed by atoms with Crippen molar-refractivity contribution in [2.75, 3.05) is 13.1 Å². The molecule has 25 heavy (non-hydrogen) atoms. The van der Waals surface area contributed by atoms with Crippen LogP contribution in [0.3, 0.4) is 0 Å². The van der Waals surface area contributed by atoms with Gasteiger partial charge in [-0.1, -0.05) is 24.3 Å². The van der Waals surface area contributed by atoms with Crippen LogP contribution in [0, 0.1) is 11.3 Å². The first-order valence-electron chi connectivity index (χ1n) is 8.37. The highest BCUT2D eigenvalue weighted by atomic mass is 32.2. The predicted octanol–water partition coefficient (Wildman–Crippen LogP) is 2.47. The molecule has 2 fully saturated rings. The Kier molecular flexibility index (Phi) is 4.17. The molecule has 1 amide bonds. The number of carbonyl (C=O) groups is 1. The molecule has 1 aliphatic carbocycles. The molecule has 0 bridgehead atoms. The summed E-state index contributed by atoms with van der Waals surface area (Å²) in [6.07, 6.45) is 1.54. The second-order valence-corrected chi connectivity index (χ2v) is 9.79. The second kappa shape index (κ2) is 6.23. The number of nitrogens with one attached hydrogen (secondary N) is 1. The summed E-state index contributed by atoms with van der Waals surface area (Å²) in [5, 5.41) is 4.98. The molecular weight excluding hydrogens is 356 g/mol. The molecule has 0 unspecified atom stereocenters. The van der Waals surface area contributed by atoms with Gasteiger partial charge in [0.05, 0.1) is 11.4 Å². The number of sulfonamides is 1. The fourth-order valence-electron chi connectivity index (χ4n) is 3.68. The number of hydrogen-bond acceptors (Lipinski definition) is 4. The molecule has 2 aromatic rings. The number of rotatable bonds is 5. The van der Waals surface area contributed by atoms with Crippen LogP contribution in [-0.4, -0.2) is 31.7 Å². The maximum atomic E-state index is 12.7. The lowest BCUT2D eigenvalue weighted by Gasteiger charge is -2.16. The van der Waals surface area contributed by atoms with Gasteiger partial charge < -0.3 is 5.32 Å². The van der Waals surface area contributed by atoms with Crippen LogP contribution in [0.25, 0.3) is 0 Å². The van der Waals surface area contributed by atoms with Gasteiger partial charge in [0.1, 0.15) is 0 Å². The van der Waals surface area contributed by atoms with Crippen molar-refractivity contribution in [2.45, 2.75) is 24.3 Å². The molecule has 132 valence electrons. The minimum atomic E-state index is -3.46. The van der Waals surface area contributed by atoms with Gasteiger partial charge in [-0.25, -0.2) is 8.42 Å². The molecule has 5 nitrogen and oxygen atoms in total. The van der Waals surface area contributed by atoms with Crippen molar-refractivity contribution in [1.82, 2.24) is 9.62 Å². The third-order valence-corrected chi connectivity index (χ3v) is 7.99. The lowest BCUT2D eigenvalue weighted by atomic mass is 10.0. The Morgan fingerprint density at radius 1 is 1.24 bits per heavy atom. The zero-order valence-electron chi connectivity index (χ0n) is 13.7. The average molecular weight is 377 g/mol. The Bertz CT molecular complexity index is 865. The Morgan fingerprint density at radius 2 is 2.04 bits per heavy atom. The summed E-state index contributed by atoms with van der Waals surface area (Å²) >= 11 is 1.62. The molecular formula is C18H20N2O3S2. The average Bonchev–Trinajstić information content (AvgIpc) is 2.96. The Morgan fingerprint density at radius 3 is 2.76 bits per heavy atom. The minimum absolute atomic E-state index is 0.0485. The van der Waals surface area contributed by atoms with Crippen LogP contribution in [0.1, 0.15) is 17.7 Å². The molecule has 2 atom stereocenters. The van der Waals surface area contributed by atoms with Crippen molar-refractivity contribution in [1.29, 1.82) is 0 Å². The van der Waals surface area contributed by atoms with Crippen LogP contribution < -0.4 is 5.32 Å². The molecule has 0 radical (unpaired) electrons. The zero-order valence-corrected chi connectivity index (χ0v) is 15.4. The second-order valence-electron chi connectivity index (χ2n) is 6.82. The molecule has 1 spiro atoms. The Balaban J connectivity index is 1.39. The van der Waals surface area contributed by atoms with Crippen molar-refractivity contribution in [3.63, 3.8) is 0 Å². The van der Waals surface area contributed by atoms with E-state index in [1.54, 1.807) is 41.7 Å². The van der Waals surface area contributed by atoms with Gasteiger partial charge >= 0.3 is 0 Å². The van der Waals surface area contributed by atoms with E-state index in [4.69, 9.17) is 0 Å². The maximum Gasteiger partial charge on any atom is 0.243 e. The highest BCUT2D eigenvalue weighted by Gasteiger charge is 2.62. The van der Waals surface area contributed by atoms with Crippen LogP contribution in [-0.2, 0) is 21.4 Å². The summed E-state index contributed by atoms with van der Waals surface area (Å²) in [6, 6.07) is 12.5. The fourth-order valence-corrected chi connectivity index (χ4v) is 5.89. The molecule has 2 aliphatic rings. The summed E-state index contributed by atoms with van der Waals surface area (Å²) in [7, 11) is -3.46. The molecule has 4 rings (SSSR count). The van der Waals surface area contributed by atoms with E-state index in [1.165, 1.54) is 4.31 Å². The van der Waals surface area contributed by atoms with Gasteiger partial charge in [0.2, 0.25) is 15.9 Å². The van der Waals surface area contributed by atoms with Gasteiger partial charge in [-0.15, -0.1) is 11.3 Å². The van der Waals surface area contributed by atoms with E-state index >= 15 is 0 Å². The van der Waals surface area contributed by atoms with Gasteiger partial charge in [0, 0.05) is 23.9 Å². The largest absolute Gasteiger partial charge is 0.351 e. The van der Waals surface area contributed by atoms with Gasteiger partial charge in [0.15, 0.2) is 0 Å². The van der Waals surface area contributed by atoms with Gasteiger partial charge in [-0.3, -0.25) is 4.79 Å². The topological polar surface area (TPSA) is 66.5 Å². The smallest absolute Gasteiger partial charge is 0.243 e. The molecule has 7 heteroatoms. The van der Waals surface area contributed by atoms with Gasteiger partial charge in [-0.05, 0) is 41.8 Å². The van der Waals surface area contributed by atoms with Crippen LogP contribution in [0.4, 0.5) is 0 Å². The van der Waals surface area contributed by atoms with Crippen LogP contribution in [0.15, 0.2) is 52.7 Å². The van der Waals surface area contributed by atoms with Crippen LogP contribution in [0.5, 0.6) is 0 Å². The molecule has 1 saturated carbocycles. The van der Waals surface area contributed by atoms with E-state index < -0.39 is 10.0 Å².